The predicted octanol–water partition coefficient (Wildman–Crippen LogP) is 5.43. The number of hydrogen-bond donors (Lipinski definition) is 0. The first-order valence-corrected chi connectivity index (χ1v) is 12.3. The predicted molar refractivity (Wildman–Crippen MR) is 105 cm³/mol. The number of benzene rings is 1. The van der Waals surface area contributed by atoms with Crippen LogP contribution in [0.2, 0.25) is 19.6 Å². The molecule has 1 rings (SSSR count). The fourth-order valence-corrected chi connectivity index (χ4v) is 2.97. The molecule has 0 fully saturated rings. The van der Waals surface area contributed by atoms with Crippen LogP contribution in [-0.4, -0.2) is 33.4 Å². The SMILES string of the molecule is CC(C)C/C=C(\O[C@H](c1ccccc1)[C@H](C)N(C)C)O[Si](C)(C)C. The van der Waals surface area contributed by atoms with Gasteiger partial charge < -0.3 is 14.1 Å². The maximum Gasteiger partial charge on any atom is 0.261 e. The summed E-state index contributed by atoms with van der Waals surface area (Å²) in [5.74, 6) is 1.26. The van der Waals surface area contributed by atoms with Crippen molar-refractivity contribution in [1.82, 2.24) is 4.90 Å². The highest BCUT2D eigenvalue weighted by Gasteiger charge is 2.26. The summed E-state index contributed by atoms with van der Waals surface area (Å²) in [6, 6.07) is 10.6. The topological polar surface area (TPSA) is 21.7 Å². The Kier molecular flexibility index (Phi) is 8.04. The molecule has 1 aromatic rings. The molecule has 136 valence electrons. The van der Waals surface area contributed by atoms with Crippen LogP contribution in [0, 0.1) is 5.92 Å². The number of allylic oxidation sites excluding steroid dienone is 1. The first-order valence-electron chi connectivity index (χ1n) is 8.87. The maximum absolute atomic E-state index is 6.42. The highest BCUT2D eigenvalue weighted by molar-refractivity contribution is 6.69. The zero-order valence-corrected chi connectivity index (χ0v) is 17.7. The minimum Gasteiger partial charge on any atom is -0.520 e. The Hall–Kier alpha value is -1.26. The smallest absolute Gasteiger partial charge is 0.261 e. The summed E-state index contributed by atoms with van der Waals surface area (Å²) in [5.41, 5.74) is 1.17. The monoisotopic (exact) mass is 349 g/mol. The lowest BCUT2D eigenvalue weighted by Crippen LogP contribution is -2.34. The molecule has 0 saturated heterocycles. The van der Waals surface area contributed by atoms with Crippen LogP contribution in [0.3, 0.4) is 0 Å². The lowest BCUT2D eigenvalue weighted by atomic mass is 10.0. The van der Waals surface area contributed by atoms with E-state index in [0.717, 1.165) is 6.42 Å². The van der Waals surface area contributed by atoms with Gasteiger partial charge in [0.05, 0.1) is 0 Å². The fourth-order valence-electron chi connectivity index (χ4n) is 2.23. The van der Waals surface area contributed by atoms with Crippen LogP contribution in [0.15, 0.2) is 42.4 Å². The van der Waals surface area contributed by atoms with Gasteiger partial charge in [-0.3, -0.25) is 0 Å². The zero-order chi connectivity index (χ0) is 18.3. The molecule has 24 heavy (non-hydrogen) atoms. The van der Waals surface area contributed by atoms with E-state index in [1.165, 1.54) is 5.56 Å². The Balaban J connectivity index is 3.08. The Morgan fingerprint density at radius 3 is 2.12 bits per heavy atom. The molecular formula is C20H35NO2Si. The fraction of sp³-hybridized carbons (Fsp3) is 0.600. The molecule has 0 N–H and O–H groups in total. The average Bonchev–Trinajstić information content (AvgIpc) is 2.48. The van der Waals surface area contributed by atoms with Gasteiger partial charge in [0.1, 0.15) is 6.10 Å². The van der Waals surface area contributed by atoms with E-state index < -0.39 is 8.32 Å². The van der Waals surface area contributed by atoms with E-state index in [2.05, 4.69) is 89.7 Å². The quantitative estimate of drug-likeness (QED) is 0.438. The summed E-state index contributed by atoms with van der Waals surface area (Å²) in [5, 5.41) is 0. The van der Waals surface area contributed by atoms with Crippen molar-refractivity contribution in [2.24, 2.45) is 5.92 Å². The van der Waals surface area contributed by atoms with Crippen molar-refractivity contribution in [2.75, 3.05) is 14.1 Å². The molecule has 0 aliphatic rings. The largest absolute Gasteiger partial charge is 0.520 e. The Morgan fingerprint density at radius 1 is 1.08 bits per heavy atom. The van der Waals surface area contributed by atoms with Crippen molar-refractivity contribution in [3.63, 3.8) is 0 Å². The highest BCUT2D eigenvalue weighted by atomic mass is 28.4. The number of rotatable bonds is 9. The van der Waals surface area contributed by atoms with E-state index in [4.69, 9.17) is 9.16 Å². The summed E-state index contributed by atoms with van der Waals surface area (Å²) >= 11 is 0. The second kappa shape index (κ2) is 9.28. The lowest BCUT2D eigenvalue weighted by Gasteiger charge is -2.32. The molecule has 0 radical (unpaired) electrons. The molecule has 0 saturated carbocycles. The van der Waals surface area contributed by atoms with E-state index >= 15 is 0 Å². The molecule has 0 aromatic heterocycles. The van der Waals surface area contributed by atoms with Crippen LogP contribution in [-0.2, 0) is 9.16 Å². The van der Waals surface area contributed by atoms with Crippen molar-refractivity contribution in [3.8, 4) is 0 Å². The van der Waals surface area contributed by atoms with E-state index in [-0.39, 0.29) is 12.1 Å². The van der Waals surface area contributed by atoms with Gasteiger partial charge in [-0.15, -0.1) is 0 Å². The third-order valence-electron chi connectivity index (χ3n) is 3.79. The highest BCUT2D eigenvalue weighted by Crippen LogP contribution is 2.28. The minimum atomic E-state index is -1.73. The first-order chi connectivity index (χ1) is 11.1. The molecule has 0 aliphatic carbocycles. The normalized spacial score (nSPS) is 15.5. The van der Waals surface area contributed by atoms with Gasteiger partial charge in [-0.2, -0.15) is 0 Å². The molecule has 0 aliphatic heterocycles. The molecule has 0 heterocycles. The molecule has 1 aromatic carbocycles. The molecule has 2 atom stereocenters. The second-order valence-corrected chi connectivity index (χ2v) is 12.4. The van der Waals surface area contributed by atoms with Crippen molar-refractivity contribution >= 4 is 8.32 Å². The van der Waals surface area contributed by atoms with E-state index in [1.807, 2.05) is 6.07 Å². The summed E-state index contributed by atoms with van der Waals surface area (Å²) < 4.78 is 12.6. The molecule has 4 heteroatoms. The van der Waals surface area contributed by atoms with Crippen LogP contribution in [0.25, 0.3) is 0 Å². The van der Waals surface area contributed by atoms with Gasteiger partial charge in [-0.25, -0.2) is 0 Å². The van der Waals surface area contributed by atoms with Crippen LogP contribution in [0.4, 0.5) is 0 Å². The number of likely N-dealkylation sites (N-methyl/N-ethyl adjacent to an activating group) is 1. The molecular weight excluding hydrogens is 314 g/mol. The summed E-state index contributed by atoms with van der Waals surface area (Å²) in [7, 11) is 2.44. The van der Waals surface area contributed by atoms with Gasteiger partial charge in [0, 0.05) is 6.04 Å². The van der Waals surface area contributed by atoms with Crippen molar-refractivity contribution in [2.45, 2.75) is 59.0 Å². The molecule has 3 nitrogen and oxygen atoms in total. The van der Waals surface area contributed by atoms with Gasteiger partial charge in [0.2, 0.25) is 8.32 Å². The van der Waals surface area contributed by atoms with Crippen LogP contribution < -0.4 is 0 Å². The summed E-state index contributed by atoms with van der Waals surface area (Å²) in [6.45, 7) is 13.2. The third-order valence-corrected chi connectivity index (χ3v) is 4.60. The molecule has 0 amide bonds. The van der Waals surface area contributed by atoms with Gasteiger partial charge in [-0.1, -0.05) is 44.2 Å². The van der Waals surface area contributed by atoms with Gasteiger partial charge in [0.25, 0.3) is 5.95 Å². The summed E-state index contributed by atoms with van der Waals surface area (Å²) in [6.07, 6.45) is 3.01. The van der Waals surface area contributed by atoms with Gasteiger partial charge >= 0.3 is 0 Å². The van der Waals surface area contributed by atoms with Gasteiger partial charge in [-0.05, 0) is 64.6 Å². The number of hydrogen-bond acceptors (Lipinski definition) is 3. The van der Waals surface area contributed by atoms with Crippen molar-refractivity contribution in [1.29, 1.82) is 0 Å². The lowest BCUT2D eigenvalue weighted by molar-refractivity contribution is -0.00375. The van der Waals surface area contributed by atoms with Crippen molar-refractivity contribution in [3.05, 3.63) is 47.9 Å². The Morgan fingerprint density at radius 2 is 1.67 bits per heavy atom. The Bertz CT molecular complexity index is 506. The average molecular weight is 350 g/mol. The number of nitrogens with zero attached hydrogens (tertiary/aromatic N) is 1. The minimum absolute atomic E-state index is 0.0593. The Labute approximate surface area is 149 Å². The number of ether oxygens (including phenoxy) is 1. The summed E-state index contributed by atoms with van der Waals surface area (Å²) in [4.78, 5) is 2.19. The van der Waals surface area contributed by atoms with E-state index in [9.17, 15) is 0 Å². The van der Waals surface area contributed by atoms with Crippen LogP contribution in [0.1, 0.15) is 38.9 Å². The second-order valence-electron chi connectivity index (χ2n) is 8.02. The van der Waals surface area contributed by atoms with E-state index in [0.29, 0.717) is 11.9 Å². The molecule has 0 spiro atoms. The van der Waals surface area contributed by atoms with Gasteiger partial charge in [0.15, 0.2) is 0 Å². The molecule has 0 unspecified atom stereocenters. The van der Waals surface area contributed by atoms with Crippen molar-refractivity contribution < 1.29 is 9.16 Å². The molecule has 0 bridgehead atoms. The van der Waals surface area contributed by atoms with Crippen LogP contribution >= 0.6 is 0 Å². The maximum atomic E-state index is 6.42. The zero-order valence-electron chi connectivity index (χ0n) is 16.7. The van der Waals surface area contributed by atoms with E-state index in [1.54, 1.807) is 0 Å². The first kappa shape index (κ1) is 20.8. The third kappa shape index (κ3) is 7.54. The standard InChI is InChI=1S/C20H35NO2Si/c1-16(2)14-15-19(23-24(6,7)8)22-20(17(3)21(4)5)18-12-10-9-11-13-18/h9-13,15-17,20H,14H2,1-8H3/b19-15+/t17-,20-/m0/s1. The van der Waals surface area contributed by atoms with Crippen LogP contribution in [0.5, 0.6) is 0 Å².